The van der Waals surface area contributed by atoms with Crippen molar-refractivity contribution in [2.24, 2.45) is 20.0 Å². The van der Waals surface area contributed by atoms with Crippen LogP contribution in [-0.2, 0) is 14.1 Å². The maximum absolute atomic E-state index is 12.1. The first-order valence-electron chi connectivity index (χ1n) is 7.01. The first kappa shape index (κ1) is 14.8. The maximum atomic E-state index is 12.1. The molecule has 1 aliphatic heterocycles. The van der Waals surface area contributed by atoms with Crippen LogP contribution in [0.4, 0.5) is 5.82 Å². The lowest BCUT2D eigenvalue weighted by Crippen LogP contribution is -2.51. The lowest BCUT2D eigenvalue weighted by Gasteiger charge is -2.35. The Hall–Kier alpha value is -1.63. The minimum Gasteiger partial charge on any atom is -0.348 e. The van der Waals surface area contributed by atoms with E-state index in [4.69, 9.17) is 0 Å². The van der Waals surface area contributed by atoms with Gasteiger partial charge in [-0.2, -0.15) is 0 Å². The number of hydrogen-bond donors (Lipinski definition) is 0. The van der Waals surface area contributed by atoms with Gasteiger partial charge < -0.3 is 4.90 Å². The molecule has 2 rings (SSSR count). The molecule has 0 spiro atoms. The molecule has 0 N–H and O–H groups in total. The van der Waals surface area contributed by atoms with Gasteiger partial charge in [0.2, 0.25) is 5.82 Å². The molecule has 0 radical (unpaired) electrons. The van der Waals surface area contributed by atoms with E-state index in [9.17, 15) is 9.59 Å². The second-order valence-corrected chi connectivity index (χ2v) is 5.78. The number of aromatic nitrogens is 3. The van der Waals surface area contributed by atoms with E-state index in [2.05, 4.69) is 23.8 Å². The smallest absolute Gasteiger partial charge is 0.346 e. The fourth-order valence-corrected chi connectivity index (χ4v) is 2.54. The minimum absolute atomic E-state index is 0.314. The van der Waals surface area contributed by atoms with Crippen molar-refractivity contribution < 1.29 is 0 Å². The number of rotatable bonds is 3. The Morgan fingerprint density at radius 2 is 1.70 bits per heavy atom. The number of nitrogens with zero attached hydrogens (tertiary/aromatic N) is 5. The summed E-state index contributed by atoms with van der Waals surface area (Å²) in [4.78, 5) is 28.1. The molecule has 0 unspecified atom stereocenters. The summed E-state index contributed by atoms with van der Waals surface area (Å²) in [6.07, 6.45) is 0. The van der Waals surface area contributed by atoms with Crippen LogP contribution in [0.5, 0.6) is 0 Å². The molecule has 0 atom stereocenters. The summed E-state index contributed by atoms with van der Waals surface area (Å²) >= 11 is 0. The SMILES string of the molecule is CC(C)CN1CCN(c2nn(C)c(=O)n(C)c2=O)CC1. The zero-order chi connectivity index (χ0) is 14.9. The normalized spacial score (nSPS) is 16.9. The molecular weight excluding hydrogens is 258 g/mol. The minimum atomic E-state index is -0.391. The second kappa shape index (κ2) is 5.78. The van der Waals surface area contributed by atoms with Crippen molar-refractivity contribution >= 4 is 5.82 Å². The van der Waals surface area contributed by atoms with Crippen molar-refractivity contribution in [2.75, 3.05) is 37.6 Å². The fraction of sp³-hybridized carbons (Fsp3) is 0.769. The number of aryl methyl sites for hydroxylation is 1. The van der Waals surface area contributed by atoms with Gasteiger partial charge >= 0.3 is 5.69 Å². The molecule has 1 aromatic rings. The summed E-state index contributed by atoms with van der Waals surface area (Å²) in [5, 5.41) is 4.12. The van der Waals surface area contributed by atoms with E-state index in [0.717, 1.165) is 37.3 Å². The Balaban J connectivity index is 2.16. The Kier molecular flexibility index (Phi) is 4.27. The summed E-state index contributed by atoms with van der Waals surface area (Å²) in [6, 6.07) is 0. The molecule has 1 aromatic heterocycles. The van der Waals surface area contributed by atoms with Crippen LogP contribution in [0.25, 0.3) is 0 Å². The molecule has 1 fully saturated rings. The molecule has 0 aromatic carbocycles. The largest absolute Gasteiger partial charge is 0.348 e. The average Bonchev–Trinajstić information content (AvgIpc) is 2.41. The summed E-state index contributed by atoms with van der Waals surface area (Å²) < 4.78 is 2.33. The van der Waals surface area contributed by atoms with E-state index < -0.39 is 5.69 Å². The third-order valence-corrected chi connectivity index (χ3v) is 3.60. The van der Waals surface area contributed by atoms with Crippen LogP contribution >= 0.6 is 0 Å². The summed E-state index contributed by atoms with van der Waals surface area (Å²) in [7, 11) is 3.06. The molecular formula is C13H23N5O2. The lowest BCUT2D eigenvalue weighted by molar-refractivity contribution is 0.230. The van der Waals surface area contributed by atoms with E-state index in [-0.39, 0.29) is 5.56 Å². The van der Waals surface area contributed by atoms with Gasteiger partial charge in [0.05, 0.1) is 0 Å². The van der Waals surface area contributed by atoms with Crippen LogP contribution in [0.15, 0.2) is 9.59 Å². The molecule has 1 saturated heterocycles. The highest BCUT2D eigenvalue weighted by molar-refractivity contribution is 5.35. The van der Waals surface area contributed by atoms with Gasteiger partial charge in [-0.3, -0.25) is 14.3 Å². The topological polar surface area (TPSA) is 63.4 Å². The van der Waals surface area contributed by atoms with Crippen LogP contribution in [0, 0.1) is 5.92 Å². The van der Waals surface area contributed by atoms with Crippen LogP contribution in [0.2, 0.25) is 0 Å². The molecule has 7 heteroatoms. The number of piperazine rings is 1. The van der Waals surface area contributed by atoms with Gasteiger partial charge in [0.15, 0.2) is 0 Å². The molecule has 7 nitrogen and oxygen atoms in total. The van der Waals surface area contributed by atoms with Gasteiger partial charge in [-0.25, -0.2) is 9.48 Å². The van der Waals surface area contributed by atoms with Crippen molar-refractivity contribution in [2.45, 2.75) is 13.8 Å². The standard InChI is InChI=1S/C13H23N5O2/c1-10(2)9-17-5-7-18(8-6-17)11-12(19)15(3)13(20)16(4)14-11/h10H,5-9H2,1-4H3. The van der Waals surface area contributed by atoms with Gasteiger partial charge in [0.1, 0.15) is 0 Å². The van der Waals surface area contributed by atoms with Crippen molar-refractivity contribution in [3.05, 3.63) is 20.8 Å². The predicted octanol–water partition coefficient (Wildman–Crippen LogP) is -0.743. The predicted molar refractivity (Wildman–Crippen MR) is 78.2 cm³/mol. The summed E-state index contributed by atoms with van der Waals surface area (Å²) in [6.45, 7) is 8.87. The average molecular weight is 281 g/mol. The van der Waals surface area contributed by atoms with Gasteiger partial charge in [0.25, 0.3) is 5.56 Å². The Morgan fingerprint density at radius 1 is 1.10 bits per heavy atom. The number of anilines is 1. The third kappa shape index (κ3) is 2.92. The monoisotopic (exact) mass is 281 g/mol. The van der Waals surface area contributed by atoms with E-state index in [0.29, 0.717) is 11.7 Å². The van der Waals surface area contributed by atoms with Crippen LogP contribution in [0.3, 0.4) is 0 Å². The zero-order valence-electron chi connectivity index (χ0n) is 12.7. The van der Waals surface area contributed by atoms with Crippen LogP contribution < -0.4 is 16.1 Å². The lowest BCUT2D eigenvalue weighted by atomic mass is 10.2. The summed E-state index contributed by atoms with van der Waals surface area (Å²) in [5.74, 6) is 1.02. The Labute approximate surface area is 118 Å². The molecule has 1 aliphatic rings. The second-order valence-electron chi connectivity index (χ2n) is 5.78. The summed E-state index contributed by atoms with van der Waals surface area (Å²) in [5.41, 5.74) is -0.706. The van der Waals surface area contributed by atoms with E-state index in [1.54, 1.807) is 7.05 Å². The van der Waals surface area contributed by atoms with Crippen molar-refractivity contribution in [3.8, 4) is 0 Å². The fourth-order valence-electron chi connectivity index (χ4n) is 2.54. The van der Waals surface area contributed by atoms with Gasteiger partial charge in [-0.1, -0.05) is 13.8 Å². The highest BCUT2D eigenvalue weighted by Crippen LogP contribution is 2.09. The quantitative estimate of drug-likeness (QED) is 0.730. The first-order valence-corrected chi connectivity index (χ1v) is 7.01. The van der Waals surface area contributed by atoms with Crippen molar-refractivity contribution in [3.63, 3.8) is 0 Å². The highest BCUT2D eigenvalue weighted by Gasteiger charge is 2.22. The molecule has 0 saturated carbocycles. The van der Waals surface area contributed by atoms with E-state index in [1.165, 1.54) is 11.7 Å². The van der Waals surface area contributed by atoms with Crippen molar-refractivity contribution in [1.29, 1.82) is 0 Å². The van der Waals surface area contributed by atoms with Crippen molar-refractivity contribution in [1.82, 2.24) is 19.2 Å². The first-order chi connectivity index (χ1) is 9.40. The van der Waals surface area contributed by atoms with E-state index >= 15 is 0 Å². The Morgan fingerprint density at radius 3 is 2.25 bits per heavy atom. The molecule has 0 amide bonds. The Bertz CT molecular complexity index is 581. The van der Waals surface area contributed by atoms with Gasteiger partial charge in [-0.05, 0) is 5.92 Å². The van der Waals surface area contributed by atoms with E-state index in [1.807, 2.05) is 4.90 Å². The molecule has 0 bridgehead atoms. The van der Waals surface area contributed by atoms with Crippen LogP contribution in [-0.4, -0.2) is 52.0 Å². The number of hydrogen-bond acceptors (Lipinski definition) is 5. The van der Waals surface area contributed by atoms with Gasteiger partial charge in [-0.15, -0.1) is 5.10 Å². The molecule has 0 aliphatic carbocycles. The zero-order valence-corrected chi connectivity index (χ0v) is 12.7. The molecule has 2 heterocycles. The van der Waals surface area contributed by atoms with Crippen LogP contribution in [0.1, 0.15) is 13.8 Å². The third-order valence-electron chi connectivity index (χ3n) is 3.60. The highest BCUT2D eigenvalue weighted by atomic mass is 16.2. The van der Waals surface area contributed by atoms with Gasteiger partial charge in [0, 0.05) is 46.8 Å². The molecule has 20 heavy (non-hydrogen) atoms. The maximum Gasteiger partial charge on any atom is 0.346 e. The molecule has 112 valence electrons.